The van der Waals surface area contributed by atoms with Crippen LogP contribution < -0.4 is 5.32 Å². The van der Waals surface area contributed by atoms with Crippen molar-refractivity contribution in [3.63, 3.8) is 0 Å². The van der Waals surface area contributed by atoms with Crippen molar-refractivity contribution in [1.29, 1.82) is 0 Å². The molecule has 3 amide bonds. The van der Waals surface area contributed by atoms with Crippen molar-refractivity contribution in [2.75, 3.05) is 5.32 Å². The van der Waals surface area contributed by atoms with E-state index in [1.54, 1.807) is 6.92 Å². The normalized spacial score (nSPS) is 15.8. The van der Waals surface area contributed by atoms with Crippen LogP contribution in [-0.2, 0) is 14.4 Å². The highest BCUT2D eigenvalue weighted by Gasteiger charge is 2.36. The van der Waals surface area contributed by atoms with Crippen molar-refractivity contribution in [2.24, 2.45) is 0 Å². The van der Waals surface area contributed by atoms with Crippen LogP contribution in [0.25, 0.3) is 11.3 Å². The van der Waals surface area contributed by atoms with Crippen LogP contribution >= 0.6 is 11.3 Å². The number of amides is 3. The summed E-state index contributed by atoms with van der Waals surface area (Å²) < 4.78 is 0. The Hall–Kier alpha value is -2.54. The zero-order chi connectivity index (χ0) is 16.4. The summed E-state index contributed by atoms with van der Waals surface area (Å²) in [6.45, 7) is 1.54. The average Bonchev–Trinajstić information content (AvgIpc) is 3.14. The number of thiazole rings is 1. The number of nitrogens with one attached hydrogen (secondary N) is 1. The monoisotopic (exact) mass is 329 g/mol. The summed E-state index contributed by atoms with van der Waals surface area (Å²) in [5, 5.41) is 4.97. The Balaban J connectivity index is 1.70. The van der Waals surface area contributed by atoms with Gasteiger partial charge >= 0.3 is 0 Å². The van der Waals surface area contributed by atoms with Crippen LogP contribution in [0.2, 0.25) is 0 Å². The second-order valence-corrected chi connectivity index (χ2v) is 6.08. The lowest BCUT2D eigenvalue weighted by atomic mass is 10.2. The third-order valence-electron chi connectivity index (χ3n) is 3.66. The molecule has 7 heteroatoms. The first-order valence-electron chi connectivity index (χ1n) is 7.23. The summed E-state index contributed by atoms with van der Waals surface area (Å²) in [6, 6.07) is 8.79. The number of rotatable bonds is 4. The Labute approximate surface area is 137 Å². The van der Waals surface area contributed by atoms with E-state index in [-0.39, 0.29) is 24.7 Å². The SMILES string of the molecule is CC(C(=O)Nc1nc(-c2ccccc2)cs1)N1C(=O)CCC1=O. The summed E-state index contributed by atoms with van der Waals surface area (Å²) >= 11 is 1.30. The number of benzene rings is 1. The molecule has 1 aliphatic heterocycles. The van der Waals surface area contributed by atoms with Gasteiger partial charge in [0.2, 0.25) is 17.7 Å². The maximum absolute atomic E-state index is 12.2. The number of anilines is 1. The number of carbonyl (C=O) groups is 3. The van der Waals surface area contributed by atoms with Crippen LogP contribution in [0.4, 0.5) is 5.13 Å². The smallest absolute Gasteiger partial charge is 0.249 e. The fourth-order valence-electron chi connectivity index (χ4n) is 2.43. The van der Waals surface area contributed by atoms with E-state index in [4.69, 9.17) is 0 Å². The molecule has 1 atom stereocenters. The molecule has 0 radical (unpaired) electrons. The fourth-order valence-corrected chi connectivity index (χ4v) is 3.15. The van der Waals surface area contributed by atoms with Gasteiger partial charge in [0.1, 0.15) is 6.04 Å². The number of imide groups is 1. The Morgan fingerprint density at radius 2 is 1.87 bits per heavy atom. The minimum atomic E-state index is -0.832. The van der Waals surface area contributed by atoms with E-state index in [2.05, 4.69) is 10.3 Å². The van der Waals surface area contributed by atoms with Crippen LogP contribution in [0.1, 0.15) is 19.8 Å². The van der Waals surface area contributed by atoms with E-state index < -0.39 is 11.9 Å². The average molecular weight is 329 g/mol. The summed E-state index contributed by atoms with van der Waals surface area (Å²) in [4.78, 5) is 41.0. The van der Waals surface area contributed by atoms with E-state index in [1.807, 2.05) is 35.7 Å². The van der Waals surface area contributed by atoms with Gasteiger partial charge in [0.25, 0.3) is 0 Å². The zero-order valence-electron chi connectivity index (χ0n) is 12.5. The van der Waals surface area contributed by atoms with Crippen molar-refractivity contribution in [1.82, 2.24) is 9.88 Å². The largest absolute Gasteiger partial charge is 0.300 e. The van der Waals surface area contributed by atoms with Crippen LogP contribution in [-0.4, -0.2) is 33.6 Å². The Kier molecular flexibility index (Phi) is 4.20. The van der Waals surface area contributed by atoms with Crippen LogP contribution in [0, 0.1) is 0 Å². The van der Waals surface area contributed by atoms with Gasteiger partial charge in [0.05, 0.1) is 5.69 Å². The number of nitrogens with zero attached hydrogens (tertiary/aromatic N) is 2. The quantitative estimate of drug-likeness (QED) is 0.873. The lowest BCUT2D eigenvalue weighted by Crippen LogP contribution is -2.44. The first-order valence-corrected chi connectivity index (χ1v) is 8.11. The molecule has 0 spiro atoms. The number of aromatic nitrogens is 1. The first-order chi connectivity index (χ1) is 11.1. The molecule has 6 nitrogen and oxygen atoms in total. The van der Waals surface area contributed by atoms with Crippen molar-refractivity contribution >= 4 is 34.2 Å². The maximum Gasteiger partial charge on any atom is 0.249 e. The van der Waals surface area contributed by atoms with Gasteiger partial charge < -0.3 is 5.32 Å². The molecule has 1 fully saturated rings. The number of hydrogen-bond donors (Lipinski definition) is 1. The summed E-state index contributed by atoms with van der Waals surface area (Å²) in [6.07, 6.45) is 0.345. The second kappa shape index (κ2) is 6.29. The van der Waals surface area contributed by atoms with Gasteiger partial charge in [0, 0.05) is 23.8 Å². The number of carbonyl (C=O) groups excluding carboxylic acids is 3. The predicted molar refractivity (Wildman–Crippen MR) is 86.7 cm³/mol. The summed E-state index contributed by atoms with van der Waals surface area (Å²) in [5.41, 5.74) is 1.73. The van der Waals surface area contributed by atoms with Crippen molar-refractivity contribution in [3.05, 3.63) is 35.7 Å². The molecule has 118 valence electrons. The molecular formula is C16H15N3O3S. The predicted octanol–water partition coefficient (Wildman–Crippen LogP) is 2.29. The topological polar surface area (TPSA) is 79.4 Å². The second-order valence-electron chi connectivity index (χ2n) is 5.23. The molecule has 23 heavy (non-hydrogen) atoms. The molecule has 0 aliphatic carbocycles. The lowest BCUT2D eigenvalue weighted by Gasteiger charge is -2.20. The Bertz CT molecular complexity index is 741. The van der Waals surface area contributed by atoms with Gasteiger partial charge in [-0.25, -0.2) is 4.98 Å². The molecule has 1 aromatic carbocycles. The summed E-state index contributed by atoms with van der Waals surface area (Å²) in [7, 11) is 0. The van der Waals surface area contributed by atoms with Crippen molar-refractivity contribution in [2.45, 2.75) is 25.8 Å². The summed E-state index contributed by atoms with van der Waals surface area (Å²) in [5.74, 6) is -1.02. The standard InChI is InChI=1S/C16H15N3O3S/c1-10(19-13(20)7-8-14(19)21)15(22)18-16-17-12(9-23-16)11-5-3-2-4-6-11/h2-6,9-10H,7-8H2,1H3,(H,17,18,22). The van der Waals surface area contributed by atoms with Crippen LogP contribution in [0.15, 0.2) is 35.7 Å². The van der Waals surface area contributed by atoms with E-state index in [1.165, 1.54) is 11.3 Å². The molecule has 1 unspecified atom stereocenters. The molecule has 2 heterocycles. The van der Waals surface area contributed by atoms with Gasteiger partial charge in [-0.2, -0.15) is 0 Å². The van der Waals surface area contributed by atoms with Gasteiger partial charge in [-0.3, -0.25) is 19.3 Å². The molecular weight excluding hydrogens is 314 g/mol. The molecule has 3 rings (SSSR count). The number of hydrogen-bond acceptors (Lipinski definition) is 5. The van der Waals surface area contributed by atoms with E-state index in [0.717, 1.165) is 16.2 Å². The Morgan fingerprint density at radius 1 is 1.22 bits per heavy atom. The number of likely N-dealkylation sites (tertiary alicyclic amines) is 1. The third-order valence-corrected chi connectivity index (χ3v) is 4.42. The highest BCUT2D eigenvalue weighted by atomic mass is 32.1. The van der Waals surface area contributed by atoms with E-state index in [9.17, 15) is 14.4 Å². The van der Waals surface area contributed by atoms with E-state index in [0.29, 0.717) is 5.13 Å². The molecule has 0 bridgehead atoms. The fraction of sp³-hybridized carbons (Fsp3) is 0.250. The minimum absolute atomic E-state index is 0.172. The minimum Gasteiger partial charge on any atom is -0.300 e. The Morgan fingerprint density at radius 3 is 2.52 bits per heavy atom. The highest BCUT2D eigenvalue weighted by molar-refractivity contribution is 7.14. The maximum atomic E-state index is 12.2. The van der Waals surface area contributed by atoms with Gasteiger partial charge in [-0.15, -0.1) is 11.3 Å². The molecule has 1 N–H and O–H groups in total. The van der Waals surface area contributed by atoms with Crippen LogP contribution in [0.5, 0.6) is 0 Å². The van der Waals surface area contributed by atoms with Crippen molar-refractivity contribution < 1.29 is 14.4 Å². The third kappa shape index (κ3) is 3.14. The molecule has 1 saturated heterocycles. The molecule has 1 aromatic heterocycles. The highest BCUT2D eigenvalue weighted by Crippen LogP contribution is 2.25. The molecule has 2 aromatic rings. The molecule has 0 saturated carbocycles. The first kappa shape index (κ1) is 15.4. The van der Waals surface area contributed by atoms with Gasteiger partial charge in [-0.05, 0) is 6.92 Å². The lowest BCUT2D eigenvalue weighted by molar-refractivity contribution is -0.144. The molecule has 1 aliphatic rings. The van der Waals surface area contributed by atoms with Gasteiger partial charge in [-0.1, -0.05) is 30.3 Å². The van der Waals surface area contributed by atoms with Crippen LogP contribution in [0.3, 0.4) is 0 Å². The van der Waals surface area contributed by atoms with E-state index >= 15 is 0 Å². The van der Waals surface area contributed by atoms with Gasteiger partial charge in [0.15, 0.2) is 5.13 Å². The van der Waals surface area contributed by atoms with Crippen molar-refractivity contribution in [3.8, 4) is 11.3 Å². The zero-order valence-corrected chi connectivity index (χ0v) is 13.3.